The lowest BCUT2D eigenvalue weighted by Gasteiger charge is -2.28. The van der Waals surface area contributed by atoms with E-state index in [0.29, 0.717) is 29.8 Å². The van der Waals surface area contributed by atoms with Crippen molar-refractivity contribution >= 4 is 24.4 Å². The molecule has 0 aliphatic carbocycles. The van der Waals surface area contributed by atoms with E-state index in [1.165, 1.54) is 17.3 Å². The Hall–Kier alpha value is -3.62. The lowest BCUT2D eigenvalue weighted by atomic mass is 10.2. The van der Waals surface area contributed by atoms with E-state index in [-0.39, 0.29) is 5.82 Å². The van der Waals surface area contributed by atoms with Crippen molar-refractivity contribution in [3.63, 3.8) is 0 Å². The van der Waals surface area contributed by atoms with Gasteiger partial charge in [0.2, 0.25) is 11.7 Å². The Morgan fingerprint density at radius 3 is 2.76 bits per heavy atom. The number of rotatable bonds is 3. The summed E-state index contributed by atoms with van der Waals surface area (Å²) in [6.07, 6.45) is 4.93. The summed E-state index contributed by atoms with van der Waals surface area (Å²) in [5.74, 6) is 1.52. The van der Waals surface area contributed by atoms with Crippen LogP contribution in [0.1, 0.15) is 5.56 Å². The van der Waals surface area contributed by atoms with Gasteiger partial charge < -0.3 is 4.42 Å². The zero-order valence-corrected chi connectivity index (χ0v) is 12.9. The first-order valence-corrected chi connectivity index (χ1v) is 7.60. The Bertz CT molecular complexity index is 930. The summed E-state index contributed by atoms with van der Waals surface area (Å²) in [5, 5.41) is 9.57. The molecule has 8 nitrogen and oxygen atoms in total. The Kier molecular flexibility index (Phi) is 2.87. The maximum atomic E-state index is 13.1. The summed E-state index contributed by atoms with van der Waals surface area (Å²) in [6, 6.07) is 9.95. The topological polar surface area (TPSA) is 72.0 Å². The number of hydrogen-bond donors (Lipinski definition) is 1. The van der Waals surface area contributed by atoms with Crippen LogP contribution in [0.15, 0.2) is 73.7 Å². The maximum absolute atomic E-state index is 13.1. The summed E-state index contributed by atoms with van der Waals surface area (Å²) in [7, 11) is 0. The van der Waals surface area contributed by atoms with Crippen molar-refractivity contribution in [2.75, 3.05) is 5.12 Å². The van der Waals surface area contributed by atoms with Crippen molar-refractivity contribution in [3.05, 3.63) is 65.6 Å². The van der Waals surface area contributed by atoms with Gasteiger partial charge in [0, 0.05) is 6.07 Å². The van der Waals surface area contributed by atoms with Gasteiger partial charge >= 0.3 is 0 Å². The number of hydrazone groups is 1. The van der Waals surface area contributed by atoms with E-state index in [4.69, 9.17) is 4.42 Å². The molecule has 0 fully saturated rings. The number of fused-ring (bicyclic) bond motifs is 2. The van der Waals surface area contributed by atoms with E-state index < -0.39 is 0 Å². The molecule has 0 saturated heterocycles. The lowest BCUT2D eigenvalue weighted by Crippen LogP contribution is -2.39. The molecule has 0 atom stereocenters. The van der Waals surface area contributed by atoms with Crippen LogP contribution in [0.2, 0.25) is 0 Å². The Morgan fingerprint density at radius 1 is 1.08 bits per heavy atom. The van der Waals surface area contributed by atoms with E-state index in [0.717, 1.165) is 5.56 Å². The molecule has 0 radical (unpaired) electrons. The SMILES string of the molecule is Fc1ccc(CN2C=NC3=C4NN(c5ccco5)N=C4N=CN32)cc1. The van der Waals surface area contributed by atoms with Crippen LogP contribution in [0.25, 0.3) is 0 Å². The third-order valence-corrected chi connectivity index (χ3v) is 3.93. The predicted octanol–water partition coefficient (Wildman–Crippen LogP) is 2.03. The zero-order valence-electron chi connectivity index (χ0n) is 12.9. The van der Waals surface area contributed by atoms with Crippen LogP contribution >= 0.6 is 0 Å². The third-order valence-electron chi connectivity index (χ3n) is 3.93. The molecule has 3 aliphatic rings. The van der Waals surface area contributed by atoms with Gasteiger partial charge in [-0.05, 0) is 23.8 Å². The fourth-order valence-corrected chi connectivity index (χ4v) is 2.72. The Morgan fingerprint density at radius 2 is 1.96 bits per heavy atom. The Labute approximate surface area is 141 Å². The molecule has 3 aliphatic heterocycles. The van der Waals surface area contributed by atoms with Crippen LogP contribution in [-0.4, -0.2) is 28.5 Å². The van der Waals surface area contributed by atoms with Gasteiger partial charge in [-0.1, -0.05) is 12.1 Å². The number of hydrazine groups is 2. The fourth-order valence-electron chi connectivity index (χ4n) is 2.72. The van der Waals surface area contributed by atoms with E-state index in [1.807, 2.05) is 10.0 Å². The van der Waals surface area contributed by atoms with Crippen molar-refractivity contribution < 1.29 is 8.81 Å². The van der Waals surface area contributed by atoms with E-state index >= 15 is 0 Å². The monoisotopic (exact) mass is 337 g/mol. The molecule has 2 aromatic rings. The largest absolute Gasteiger partial charge is 0.446 e. The van der Waals surface area contributed by atoms with Crippen molar-refractivity contribution in [2.45, 2.75) is 6.54 Å². The minimum absolute atomic E-state index is 0.254. The fraction of sp³-hybridized carbons (Fsp3) is 0.0625. The highest BCUT2D eigenvalue weighted by Crippen LogP contribution is 2.28. The first kappa shape index (κ1) is 13.8. The van der Waals surface area contributed by atoms with Crippen molar-refractivity contribution in [3.8, 4) is 0 Å². The van der Waals surface area contributed by atoms with Crippen LogP contribution < -0.4 is 10.5 Å². The average molecular weight is 337 g/mol. The summed E-state index contributed by atoms with van der Waals surface area (Å²) in [5.41, 5.74) is 4.78. The van der Waals surface area contributed by atoms with Gasteiger partial charge in [-0.3, -0.25) is 10.4 Å². The molecule has 124 valence electrons. The van der Waals surface area contributed by atoms with Gasteiger partial charge in [-0.15, -0.1) is 10.2 Å². The number of nitrogens with zero attached hydrogens (tertiary/aromatic N) is 6. The van der Waals surface area contributed by atoms with Crippen LogP contribution in [0, 0.1) is 5.82 Å². The Balaban J connectivity index is 1.40. The molecule has 25 heavy (non-hydrogen) atoms. The number of amidine groups is 1. The number of furan rings is 1. The number of nitrogens with one attached hydrogen (secondary N) is 1. The van der Waals surface area contributed by atoms with Gasteiger partial charge in [0.1, 0.15) is 24.2 Å². The summed E-state index contributed by atoms with van der Waals surface area (Å²) >= 11 is 0. The normalized spacial score (nSPS) is 17.8. The highest BCUT2D eigenvalue weighted by molar-refractivity contribution is 6.07. The molecule has 5 rings (SSSR count). The molecule has 0 bridgehead atoms. The van der Waals surface area contributed by atoms with E-state index in [2.05, 4.69) is 20.5 Å². The molecule has 0 saturated carbocycles. The average Bonchev–Trinajstić information content (AvgIpc) is 3.35. The van der Waals surface area contributed by atoms with Crippen molar-refractivity contribution in [1.82, 2.24) is 15.4 Å². The number of hydrogen-bond acceptors (Lipinski definition) is 8. The van der Waals surface area contributed by atoms with Gasteiger partial charge in [-0.25, -0.2) is 19.4 Å². The van der Waals surface area contributed by atoms with Crippen molar-refractivity contribution in [2.24, 2.45) is 15.1 Å². The summed E-state index contributed by atoms with van der Waals surface area (Å²) in [4.78, 5) is 8.82. The standard InChI is InChI=1S/C16H12FN7O/c17-12-5-3-11(4-6-12)8-22-9-19-16-14-15(18-10-23(16)22)21-24(20-14)13-2-1-7-25-13/h1-7,9-10,20H,8H2. The minimum atomic E-state index is -0.254. The predicted molar refractivity (Wildman–Crippen MR) is 89.5 cm³/mol. The van der Waals surface area contributed by atoms with Crippen molar-refractivity contribution in [1.29, 1.82) is 0 Å². The van der Waals surface area contributed by atoms with Gasteiger partial charge in [-0.2, -0.15) is 0 Å². The third kappa shape index (κ3) is 2.24. The zero-order chi connectivity index (χ0) is 16.8. The highest BCUT2D eigenvalue weighted by atomic mass is 19.1. The van der Waals surface area contributed by atoms with E-state index in [9.17, 15) is 4.39 Å². The molecule has 1 aromatic carbocycles. The molecule has 0 unspecified atom stereocenters. The smallest absolute Gasteiger partial charge is 0.235 e. The first-order chi connectivity index (χ1) is 12.3. The highest BCUT2D eigenvalue weighted by Gasteiger charge is 2.34. The number of anilines is 1. The van der Waals surface area contributed by atoms with Crippen LogP contribution in [-0.2, 0) is 6.54 Å². The molecular weight excluding hydrogens is 325 g/mol. The second-order valence-corrected chi connectivity index (χ2v) is 5.55. The number of aliphatic imine (C=N–C) groups is 2. The van der Waals surface area contributed by atoms with Crippen LogP contribution in [0.3, 0.4) is 0 Å². The van der Waals surface area contributed by atoms with Crippen LogP contribution in [0.5, 0.6) is 0 Å². The van der Waals surface area contributed by atoms with E-state index in [1.54, 1.807) is 43.2 Å². The first-order valence-electron chi connectivity index (χ1n) is 7.60. The van der Waals surface area contributed by atoms with Gasteiger partial charge in [0.05, 0.1) is 12.8 Å². The van der Waals surface area contributed by atoms with Gasteiger partial charge in [0.25, 0.3) is 0 Å². The van der Waals surface area contributed by atoms with Gasteiger partial charge in [0.15, 0.2) is 5.82 Å². The molecule has 4 heterocycles. The van der Waals surface area contributed by atoms with Crippen LogP contribution in [0.4, 0.5) is 10.3 Å². The second-order valence-electron chi connectivity index (χ2n) is 5.55. The summed E-state index contributed by atoms with van der Waals surface area (Å²) < 4.78 is 18.4. The lowest BCUT2D eigenvalue weighted by molar-refractivity contribution is 0.196. The number of halogens is 1. The molecule has 9 heteroatoms. The quantitative estimate of drug-likeness (QED) is 0.928. The number of benzene rings is 1. The second kappa shape index (κ2) is 5.20. The molecule has 1 aromatic heterocycles. The molecule has 1 N–H and O–H groups in total. The summed E-state index contributed by atoms with van der Waals surface area (Å²) in [6.45, 7) is 0.543. The molecular formula is C16H12FN7O. The maximum Gasteiger partial charge on any atom is 0.235 e. The molecule has 0 amide bonds. The minimum Gasteiger partial charge on any atom is -0.446 e. The molecule has 0 spiro atoms.